The molecule has 7 heteroatoms. The number of halogens is 2. The van der Waals surface area contributed by atoms with Crippen molar-refractivity contribution < 1.29 is 17.2 Å². The van der Waals surface area contributed by atoms with Gasteiger partial charge in [0, 0.05) is 18.8 Å². The fourth-order valence-electron chi connectivity index (χ4n) is 3.09. The number of aromatic nitrogens is 1. The Morgan fingerprint density at radius 3 is 2.33 bits per heavy atom. The third-order valence-electron chi connectivity index (χ3n) is 4.48. The van der Waals surface area contributed by atoms with Crippen LogP contribution in [0.3, 0.4) is 0 Å². The smallest absolute Gasteiger partial charge is 0.212 e. The molecule has 0 bridgehead atoms. The standard InChI is InChI=1S/C20H19F2NO3S/c1-4-7-23-11-19(20(24)14-9-15(21)16(22)10-17(14)23)27(25,26)18-8-12(2)5-6-13(18)3/h5-6,8-11H,4,7H2,1-3H3. The van der Waals surface area contributed by atoms with Gasteiger partial charge in [-0.3, -0.25) is 4.79 Å². The Labute approximate surface area is 156 Å². The van der Waals surface area contributed by atoms with Crippen LogP contribution in [0.5, 0.6) is 0 Å². The molecule has 0 aliphatic heterocycles. The van der Waals surface area contributed by atoms with Crippen molar-refractivity contribution in [1.29, 1.82) is 0 Å². The summed E-state index contributed by atoms with van der Waals surface area (Å²) >= 11 is 0. The van der Waals surface area contributed by atoms with Crippen molar-refractivity contribution >= 4 is 20.7 Å². The molecule has 0 radical (unpaired) electrons. The van der Waals surface area contributed by atoms with Crippen LogP contribution in [0.25, 0.3) is 10.9 Å². The third kappa shape index (κ3) is 3.27. The molecule has 0 saturated carbocycles. The average molecular weight is 391 g/mol. The molecular weight excluding hydrogens is 372 g/mol. The molecule has 0 atom stereocenters. The van der Waals surface area contributed by atoms with Crippen molar-refractivity contribution in [2.75, 3.05) is 0 Å². The predicted molar refractivity (Wildman–Crippen MR) is 99.8 cm³/mol. The zero-order valence-corrected chi connectivity index (χ0v) is 16.0. The second kappa shape index (κ2) is 6.88. The number of fused-ring (bicyclic) bond motifs is 1. The summed E-state index contributed by atoms with van der Waals surface area (Å²) in [6.45, 7) is 5.62. The molecular formula is C20H19F2NO3S. The number of aryl methyl sites for hydroxylation is 3. The minimum atomic E-state index is -4.13. The third-order valence-corrected chi connectivity index (χ3v) is 6.37. The lowest BCUT2D eigenvalue weighted by Gasteiger charge is -2.14. The summed E-state index contributed by atoms with van der Waals surface area (Å²) in [6.07, 6.45) is 1.85. The van der Waals surface area contributed by atoms with E-state index < -0.39 is 31.8 Å². The van der Waals surface area contributed by atoms with Gasteiger partial charge in [0.2, 0.25) is 15.3 Å². The molecule has 0 aliphatic rings. The number of hydrogen-bond acceptors (Lipinski definition) is 3. The first kappa shape index (κ1) is 19.2. The Morgan fingerprint density at radius 2 is 1.67 bits per heavy atom. The molecule has 142 valence electrons. The van der Waals surface area contributed by atoms with Crippen molar-refractivity contribution in [1.82, 2.24) is 4.57 Å². The Bertz CT molecular complexity index is 1210. The van der Waals surface area contributed by atoms with Crippen LogP contribution in [0.4, 0.5) is 8.78 Å². The number of pyridine rings is 1. The van der Waals surface area contributed by atoms with Crippen LogP contribution in [0.15, 0.2) is 51.1 Å². The monoisotopic (exact) mass is 391 g/mol. The molecule has 1 heterocycles. The molecule has 0 spiro atoms. The summed E-state index contributed by atoms with van der Waals surface area (Å²) in [5, 5.41) is -0.159. The van der Waals surface area contributed by atoms with Gasteiger partial charge in [0.05, 0.1) is 15.8 Å². The van der Waals surface area contributed by atoms with E-state index in [0.717, 1.165) is 17.7 Å². The predicted octanol–water partition coefficient (Wildman–Crippen LogP) is 4.14. The molecule has 0 N–H and O–H groups in total. The Kier molecular flexibility index (Phi) is 4.90. The van der Waals surface area contributed by atoms with Crippen LogP contribution in [0, 0.1) is 25.5 Å². The summed E-state index contributed by atoms with van der Waals surface area (Å²) in [4.78, 5) is 12.5. The normalized spacial score (nSPS) is 11.9. The second-order valence-electron chi connectivity index (χ2n) is 6.57. The first-order valence-electron chi connectivity index (χ1n) is 8.51. The van der Waals surface area contributed by atoms with Gasteiger partial charge >= 0.3 is 0 Å². The van der Waals surface area contributed by atoms with E-state index in [1.165, 1.54) is 16.8 Å². The highest BCUT2D eigenvalue weighted by atomic mass is 32.2. The van der Waals surface area contributed by atoms with Crippen molar-refractivity contribution in [2.24, 2.45) is 0 Å². The molecule has 4 nitrogen and oxygen atoms in total. The van der Waals surface area contributed by atoms with E-state index >= 15 is 0 Å². The van der Waals surface area contributed by atoms with Gasteiger partial charge in [0.25, 0.3) is 0 Å². The molecule has 2 aromatic carbocycles. The van der Waals surface area contributed by atoms with Gasteiger partial charge < -0.3 is 4.57 Å². The first-order valence-corrected chi connectivity index (χ1v) is 9.99. The molecule has 0 unspecified atom stereocenters. The molecule has 0 fully saturated rings. The summed E-state index contributed by atoms with van der Waals surface area (Å²) in [7, 11) is -4.13. The van der Waals surface area contributed by atoms with Crippen LogP contribution in [0.1, 0.15) is 24.5 Å². The molecule has 3 rings (SSSR count). The highest BCUT2D eigenvalue weighted by Gasteiger charge is 2.26. The van der Waals surface area contributed by atoms with E-state index in [4.69, 9.17) is 0 Å². The van der Waals surface area contributed by atoms with Gasteiger partial charge in [-0.05, 0) is 43.5 Å². The quantitative estimate of drug-likeness (QED) is 0.672. The van der Waals surface area contributed by atoms with Crippen LogP contribution in [0.2, 0.25) is 0 Å². The van der Waals surface area contributed by atoms with Gasteiger partial charge in [-0.25, -0.2) is 17.2 Å². The highest BCUT2D eigenvalue weighted by Crippen LogP contribution is 2.25. The van der Waals surface area contributed by atoms with E-state index in [9.17, 15) is 22.0 Å². The zero-order valence-electron chi connectivity index (χ0n) is 15.2. The van der Waals surface area contributed by atoms with E-state index in [2.05, 4.69) is 0 Å². The highest BCUT2D eigenvalue weighted by molar-refractivity contribution is 7.91. The molecule has 27 heavy (non-hydrogen) atoms. The Hall–Kier alpha value is -2.54. The topological polar surface area (TPSA) is 56.1 Å². The lowest BCUT2D eigenvalue weighted by Crippen LogP contribution is -2.20. The van der Waals surface area contributed by atoms with Crippen LogP contribution >= 0.6 is 0 Å². The van der Waals surface area contributed by atoms with Gasteiger partial charge in [-0.1, -0.05) is 19.1 Å². The summed E-state index contributed by atoms with van der Waals surface area (Å²) in [6, 6.07) is 6.65. The number of rotatable bonds is 4. The molecule has 0 amide bonds. The van der Waals surface area contributed by atoms with E-state index in [1.807, 2.05) is 6.92 Å². The second-order valence-corrected chi connectivity index (χ2v) is 8.46. The van der Waals surface area contributed by atoms with Gasteiger partial charge in [-0.15, -0.1) is 0 Å². The van der Waals surface area contributed by atoms with Crippen LogP contribution < -0.4 is 5.43 Å². The van der Waals surface area contributed by atoms with Crippen LogP contribution in [-0.4, -0.2) is 13.0 Å². The maximum absolute atomic E-state index is 13.7. The SMILES string of the molecule is CCCn1cc(S(=O)(=O)c2cc(C)ccc2C)c(=O)c2cc(F)c(F)cc21. The van der Waals surface area contributed by atoms with E-state index in [-0.39, 0.29) is 15.8 Å². The summed E-state index contributed by atoms with van der Waals surface area (Å²) < 4.78 is 55.3. The minimum Gasteiger partial charge on any atom is -0.346 e. The fourth-order valence-corrected chi connectivity index (χ4v) is 4.78. The summed E-state index contributed by atoms with van der Waals surface area (Å²) in [5.74, 6) is -2.28. The average Bonchev–Trinajstić information content (AvgIpc) is 2.61. The number of hydrogen-bond donors (Lipinski definition) is 0. The zero-order chi connectivity index (χ0) is 19.9. The molecule has 0 saturated heterocycles. The lowest BCUT2D eigenvalue weighted by molar-refractivity contribution is 0.509. The Balaban J connectivity index is 2.41. The lowest BCUT2D eigenvalue weighted by atomic mass is 10.2. The molecule has 1 aromatic heterocycles. The van der Waals surface area contributed by atoms with Crippen molar-refractivity contribution in [3.8, 4) is 0 Å². The van der Waals surface area contributed by atoms with Gasteiger partial charge in [0.15, 0.2) is 11.6 Å². The van der Waals surface area contributed by atoms with Crippen molar-refractivity contribution in [3.05, 3.63) is 69.5 Å². The first-order chi connectivity index (χ1) is 12.7. The van der Waals surface area contributed by atoms with Gasteiger partial charge in [0.1, 0.15) is 4.90 Å². The number of nitrogens with zero attached hydrogens (tertiary/aromatic N) is 1. The van der Waals surface area contributed by atoms with E-state index in [0.29, 0.717) is 18.5 Å². The fraction of sp³-hybridized carbons (Fsp3) is 0.250. The van der Waals surface area contributed by atoms with E-state index in [1.54, 1.807) is 26.0 Å². The Morgan fingerprint density at radius 1 is 1.00 bits per heavy atom. The maximum Gasteiger partial charge on any atom is 0.212 e. The maximum atomic E-state index is 13.7. The number of benzene rings is 2. The summed E-state index contributed by atoms with van der Waals surface area (Å²) in [5.41, 5.74) is 0.576. The molecule has 0 aliphatic carbocycles. The van der Waals surface area contributed by atoms with Crippen LogP contribution in [-0.2, 0) is 16.4 Å². The number of sulfone groups is 1. The van der Waals surface area contributed by atoms with Crippen molar-refractivity contribution in [2.45, 2.75) is 43.5 Å². The molecule has 3 aromatic rings. The van der Waals surface area contributed by atoms with Crippen molar-refractivity contribution in [3.63, 3.8) is 0 Å². The largest absolute Gasteiger partial charge is 0.346 e. The van der Waals surface area contributed by atoms with Gasteiger partial charge in [-0.2, -0.15) is 0 Å². The minimum absolute atomic E-state index is 0.0320.